The molecule has 0 saturated heterocycles. The quantitative estimate of drug-likeness (QED) is 0.897. The topological polar surface area (TPSA) is 46.3 Å². The molecule has 0 atom stereocenters. The molecule has 1 aromatic carbocycles. The summed E-state index contributed by atoms with van der Waals surface area (Å²) in [7, 11) is 1.83. The van der Waals surface area contributed by atoms with Crippen LogP contribution in [0.4, 0.5) is 0 Å². The van der Waals surface area contributed by atoms with Crippen LogP contribution in [0.5, 0.6) is 0 Å². The van der Waals surface area contributed by atoms with E-state index >= 15 is 0 Å². The number of likely N-dealkylation sites (N-methyl/N-ethyl adjacent to an activating group) is 1. The van der Waals surface area contributed by atoms with E-state index in [4.69, 9.17) is 17.3 Å². The first-order chi connectivity index (χ1) is 9.10. The molecule has 120 valence electrons. The molecule has 0 unspecified atom stereocenters. The zero-order valence-electron chi connectivity index (χ0n) is 13.4. The summed E-state index contributed by atoms with van der Waals surface area (Å²) < 4.78 is 0. The Morgan fingerprint density at radius 2 is 1.67 bits per heavy atom. The van der Waals surface area contributed by atoms with E-state index in [-0.39, 0.29) is 23.7 Å². The summed E-state index contributed by atoms with van der Waals surface area (Å²) in [4.78, 5) is 14.5. The van der Waals surface area contributed by atoms with Gasteiger partial charge in [0.15, 0.2) is 0 Å². The average Bonchev–Trinajstić information content (AvgIpc) is 2.37. The minimum absolute atomic E-state index is 0. The Morgan fingerprint density at radius 1 is 1.19 bits per heavy atom. The Bertz CT molecular complexity index is 470. The Morgan fingerprint density at radius 3 is 2.10 bits per heavy atom. The normalized spacial score (nSPS) is 11.8. The van der Waals surface area contributed by atoms with Gasteiger partial charge in [0.25, 0.3) is 0 Å². The van der Waals surface area contributed by atoms with Crippen molar-refractivity contribution in [3.05, 3.63) is 34.9 Å². The molecular weight excluding hydrogens is 307 g/mol. The maximum Gasteiger partial charge on any atom is 0.232 e. The Balaban J connectivity index is 0.00000400. The van der Waals surface area contributed by atoms with Gasteiger partial charge in [-0.1, -0.05) is 37.6 Å². The van der Waals surface area contributed by atoms with Crippen LogP contribution in [0.25, 0.3) is 0 Å². The van der Waals surface area contributed by atoms with E-state index in [9.17, 15) is 4.79 Å². The van der Waals surface area contributed by atoms with Crippen molar-refractivity contribution in [1.29, 1.82) is 0 Å². The molecule has 0 fully saturated rings. The number of carbonyl (C=O) groups is 1. The van der Waals surface area contributed by atoms with E-state index in [0.717, 1.165) is 5.56 Å². The maximum absolute atomic E-state index is 12.7. The van der Waals surface area contributed by atoms with Crippen LogP contribution in [-0.2, 0) is 10.2 Å². The number of hydrogen-bond donors (Lipinski definition) is 1. The van der Waals surface area contributed by atoms with Gasteiger partial charge in [0.05, 0.1) is 5.41 Å². The number of carbonyl (C=O) groups excluding carboxylic acids is 1. The van der Waals surface area contributed by atoms with Gasteiger partial charge in [0, 0.05) is 18.6 Å². The molecule has 0 heterocycles. The van der Waals surface area contributed by atoms with Crippen molar-refractivity contribution in [2.24, 2.45) is 11.1 Å². The number of hydrogen-bond acceptors (Lipinski definition) is 2. The lowest BCUT2D eigenvalue weighted by atomic mass is 9.82. The molecule has 1 aromatic rings. The molecule has 0 spiro atoms. The highest BCUT2D eigenvalue weighted by Crippen LogP contribution is 2.27. The predicted octanol–water partition coefficient (Wildman–Crippen LogP) is 3.48. The standard InChI is InChI=1S/C16H25ClN2O.ClH/c1-15(2,10-18)11-19(5)14(20)16(3,4)12-6-8-13(17)9-7-12;/h6-9H,10-11,18H2,1-5H3;1H. The molecule has 1 rings (SSSR count). The van der Waals surface area contributed by atoms with E-state index in [1.54, 1.807) is 4.90 Å². The molecule has 3 nitrogen and oxygen atoms in total. The third kappa shape index (κ3) is 5.17. The van der Waals surface area contributed by atoms with Crippen molar-refractivity contribution < 1.29 is 4.79 Å². The monoisotopic (exact) mass is 332 g/mol. The van der Waals surface area contributed by atoms with E-state index in [1.165, 1.54) is 0 Å². The lowest BCUT2D eigenvalue weighted by molar-refractivity contribution is -0.136. The summed E-state index contributed by atoms with van der Waals surface area (Å²) in [6, 6.07) is 7.44. The van der Waals surface area contributed by atoms with E-state index < -0.39 is 5.41 Å². The highest BCUT2D eigenvalue weighted by molar-refractivity contribution is 6.30. The molecule has 0 saturated carbocycles. The first-order valence-electron chi connectivity index (χ1n) is 6.82. The van der Waals surface area contributed by atoms with Crippen molar-refractivity contribution in [3.8, 4) is 0 Å². The van der Waals surface area contributed by atoms with Crippen LogP contribution in [0.2, 0.25) is 5.02 Å². The van der Waals surface area contributed by atoms with Gasteiger partial charge in [0.1, 0.15) is 0 Å². The fraction of sp³-hybridized carbons (Fsp3) is 0.562. The van der Waals surface area contributed by atoms with Gasteiger partial charge in [-0.3, -0.25) is 4.79 Å². The van der Waals surface area contributed by atoms with Crippen LogP contribution in [0.3, 0.4) is 0 Å². The number of benzene rings is 1. The molecule has 0 aromatic heterocycles. The fourth-order valence-corrected chi connectivity index (χ4v) is 2.37. The summed E-state index contributed by atoms with van der Waals surface area (Å²) in [6.45, 7) is 9.18. The van der Waals surface area contributed by atoms with Gasteiger partial charge in [-0.25, -0.2) is 0 Å². The predicted molar refractivity (Wildman–Crippen MR) is 92.2 cm³/mol. The molecule has 2 N–H and O–H groups in total. The van der Waals surface area contributed by atoms with Crippen molar-refractivity contribution in [2.45, 2.75) is 33.1 Å². The number of nitrogens with zero attached hydrogens (tertiary/aromatic N) is 1. The van der Waals surface area contributed by atoms with Crippen molar-refractivity contribution >= 4 is 29.9 Å². The van der Waals surface area contributed by atoms with Crippen molar-refractivity contribution in [1.82, 2.24) is 4.90 Å². The van der Waals surface area contributed by atoms with Crippen LogP contribution >= 0.6 is 24.0 Å². The second-order valence-electron chi connectivity index (χ2n) is 6.66. The van der Waals surface area contributed by atoms with Crippen LogP contribution in [0.15, 0.2) is 24.3 Å². The van der Waals surface area contributed by atoms with Gasteiger partial charge < -0.3 is 10.6 Å². The van der Waals surface area contributed by atoms with E-state index in [1.807, 2.05) is 45.2 Å². The number of amides is 1. The number of rotatable bonds is 5. The van der Waals surface area contributed by atoms with Crippen LogP contribution in [0.1, 0.15) is 33.3 Å². The molecule has 0 aliphatic carbocycles. The third-order valence-corrected chi connectivity index (χ3v) is 3.92. The van der Waals surface area contributed by atoms with Crippen LogP contribution in [-0.4, -0.2) is 30.9 Å². The Hall–Kier alpha value is -0.770. The minimum Gasteiger partial charge on any atom is -0.344 e. The summed E-state index contributed by atoms with van der Waals surface area (Å²) >= 11 is 5.90. The first-order valence-corrected chi connectivity index (χ1v) is 7.19. The van der Waals surface area contributed by atoms with Crippen molar-refractivity contribution in [2.75, 3.05) is 20.1 Å². The second kappa shape index (κ2) is 7.48. The third-order valence-electron chi connectivity index (χ3n) is 3.67. The molecule has 0 radical (unpaired) electrons. The maximum atomic E-state index is 12.7. The number of nitrogens with two attached hydrogens (primary N) is 1. The molecule has 21 heavy (non-hydrogen) atoms. The van der Waals surface area contributed by atoms with Crippen molar-refractivity contribution in [3.63, 3.8) is 0 Å². The van der Waals surface area contributed by atoms with Gasteiger partial charge in [-0.15, -0.1) is 12.4 Å². The largest absolute Gasteiger partial charge is 0.344 e. The molecule has 0 aliphatic heterocycles. The highest BCUT2D eigenvalue weighted by Gasteiger charge is 2.34. The van der Waals surface area contributed by atoms with Gasteiger partial charge >= 0.3 is 0 Å². The van der Waals surface area contributed by atoms with Crippen LogP contribution in [0, 0.1) is 5.41 Å². The minimum atomic E-state index is -0.579. The molecule has 0 aliphatic rings. The van der Waals surface area contributed by atoms with Gasteiger partial charge in [-0.05, 0) is 43.5 Å². The highest BCUT2D eigenvalue weighted by atomic mass is 35.5. The summed E-state index contributed by atoms with van der Waals surface area (Å²) in [5.41, 5.74) is 6.04. The SMILES string of the molecule is CN(CC(C)(C)CN)C(=O)C(C)(C)c1ccc(Cl)cc1.Cl. The Kier molecular flexibility index (Phi) is 7.21. The van der Waals surface area contributed by atoms with Gasteiger partial charge in [0.2, 0.25) is 5.91 Å². The smallest absolute Gasteiger partial charge is 0.232 e. The molecule has 0 bridgehead atoms. The molecule has 1 amide bonds. The zero-order valence-corrected chi connectivity index (χ0v) is 15.0. The number of halogens is 2. The first kappa shape index (κ1) is 20.2. The summed E-state index contributed by atoms with van der Waals surface area (Å²) in [5.74, 6) is 0.0846. The van der Waals surface area contributed by atoms with E-state index in [2.05, 4.69) is 13.8 Å². The van der Waals surface area contributed by atoms with Crippen LogP contribution < -0.4 is 5.73 Å². The molecular formula is C16H26Cl2N2O. The average molecular weight is 333 g/mol. The molecule has 5 heteroatoms. The summed E-state index contributed by atoms with van der Waals surface area (Å²) in [5, 5.41) is 0.676. The Labute approximate surface area is 139 Å². The zero-order chi connectivity index (χ0) is 15.6. The fourth-order valence-electron chi connectivity index (χ4n) is 2.25. The lowest BCUT2D eigenvalue weighted by Gasteiger charge is -2.34. The lowest BCUT2D eigenvalue weighted by Crippen LogP contribution is -2.46. The summed E-state index contributed by atoms with van der Waals surface area (Å²) in [6.07, 6.45) is 0. The second-order valence-corrected chi connectivity index (χ2v) is 7.10. The van der Waals surface area contributed by atoms with E-state index in [0.29, 0.717) is 18.1 Å². The van der Waals surface area contributed by atoms with Gasteiger partial charge in [-0.2, -0.15) is 0 Å².